The smallest absolute Gasteiger partial charge is 0.180 e. The minimum absolute atomic E-state index is 0.559. The molecule has 4 nitrogen and oxygen atoms in total. The number of nitrogens with two attached hydrogens (primary N) is 1. The van der Waals surface area contributed by atoms with E-state index in [0.717, 1.165) is 22.8 Å². The van der Waals surface area contributed by atoms with E-state index in [9.17, 15) is 0 Å². The lowest BCUT2D eigenvalue weighted by Gasteiger charge is -2.06. The molecule has 0 amide bonds. The van der Waals surface area contributed by atoms with Crippen LogP contribution in [0.2, 0.25) is 0 Å². The van der Waals surface area contributed by atoms with E-state index in [-0.39, 0.29) is 0 Å². The number of thiazole rings is 1. The molecule has 5 heteroatoms. The molecule has 0 spiro atoms. The molecule has 0 bridgehead atoms. The zero-order chi connectivity index (χ0) is 11.5. The third-order valence-electron chi connectivity index (χ3n) is 2.12. The van der Waals surface area contributed by atoms with Crippen molar-refractivity contribution in [2.75, 3.05) is 12.3 Å². The number of rotatable bonds is 3. The summed E-state index contributed by atoms with van der Waals surface area (Å²) in [4.78, 5) is 8.63. The van der Waals surface area contributed by atoms with Crippen LogP contribution in [0.25, 0.3) is 11.4 Å². The SMILES string of the molecule is CCOc1ccc(-c2csc(N)n2)nc1C. The molecule has 0 atom stereocenters. The molecule has 2 rings (SSSR count). The first-order valence-corrected chi connectivity index (χ1v) is 5.90. The van der Waals surface area contributed by atoms with Gasteiger partial charge in [-0.25, -0.2) is 9.97 Å². The van der Waals surface area contributed by atoms with E-state index in [2.05, 4.69) is 9.97 Å². The van der Waals surface area contributed by atoms with E-state index in [1.807, 2.05) is 31.4 Å². The maximum Gasteiger partial charge on any atom is 0.180 e. The van der Waals surface area contributed by atoms with Gasteiger partial charge in [0, 0.05) is 5.38 Å². The van der Waals surface area contributed by atoms with Gasteiger partial charge in [0.25, 0.3) is 0 Å². The maximum absolute atomic E-state index is 5.59. The molecule has 2 aromatic heterocycles. The predicted octanol–water partition coefficient (Wildman–Crippen LogP) is 2.49. The highest BCUT2D eigenvalue weighted by Crippen LogP contribution is 2.24. The van der Waals surface area contributed by atoms with E-state index in [0.29, 0.717) is 11.7 Å². The number of hydrogen-bond donors (Lipinski definition) is 1. The van der Waals surface area contributed by atoms with Gasteiger partial charge in [-0.05, 0) is 26.0 Å². The molecule has 0 aromatic carbocycles. The first-order chi connectivity index (χ1) is 7.70. The minimum Gasteiger partial charge on any atom is -0.492 e. The Balaban J connectivity index is 2.34. The second-order valence-corrected chi connectivity index (χ2v) is 4.17. The maximum atomic E-state index is 5.59. The lowest BCUT2D eigenvalue weighted by atomic mass is 10.2. The van der Waals surface area contributed by atoms with Crippen molar-refractivity contribution in [3.8, 4) is 17.1 Å². The third-order valence-corrected chi connectivity index (χ3v) is 2.80. The average Bonchev–Trinajstić information content (AvgIpc) is 2.68. The first-order valence-electron chi connectivity index (χ1n) is 5.02. The molecule has 0 aliphatic carbocycles. The number of nitrogens with zero attached hydrogens (tertiary/aromatic N) is 2. The van der Waals surface area contributed by atoms with E-state index < -0.39 is 0 Å². The third kappa shape index (κ3) is 2.14. The Morgan fingerprint density at radius 2 is 2.12 bits per heavy atom. The van der Waals surface area contributed by atoms with Gasteiger partial charge in [0.15, 0.2) is 5.13 Å². The van der Waals surface area contributed by atoms with Crippen LogP contribution in [-0.4, -0.2) is 16.6 Å². The molecule has 0 fully saturated rings. The zero-order valence-corrected chi connectivity index (χ0v) is 10.0. The fourth-order valence-corrected chi connectivity index (χ4v) is 1.96. The lowest BCUT2D eigenvalue weighted by molar-refractivity contribution is 0.336. The second kappa shape index (κ2) is 4.49. The summed E-state index contributed by atoms with van der Waals surface area (Å²) in [6.07, 6.45) is 0. The summed E-state index contributed by atoms with van der Waals surface area (Å²) < 4.78 is 5.43. The number of ether oxygens (including phenoxy) is 1. The molecule has 0 saturated heterocycles. The van der Waals surface area contributed by atoms with Crippen LogP contribution in [0.15, 0.2) is 17.5 Å². The van der Waals surface area contributed by atoms with Crippen molar-refractivity contribution >= 4 is 16.5 Å². The lowest BCUT2D eigenvalue weighted by Crippen LogP contribution is -1.97. The Labute approximate surface area is 98.1 Å². The van der Waals surface area contributed by atoms with Crippen LogP contribution in [0.4, 0.5) is 5.13 Å². The summed E-state index contributed by atoms with van der Waals surface area (Å²) >= 11 is 1.41. The Morgan fingerprint density at radius 3 is 2.69 bits per heavy atom. The summed E-state index contributed by atoms with van der Waals surface area (Å²) in [6.45, 7) is 4.52. The summed E-state index contributed by atoms with van der Waals surface area (Å²) in [6, 6.07) is 3.81. The predicted molar refractivity (Wildman–Crippen MR) is 65.7 cm³/mol. The molecule has 84 valence electrons. The molecule has 2 N–H and O–H groups in total. The van der Waals surface area contributed by atoms with Crippen LogP contribution >= 0.6 is 11.3 Å². The first kappa shape index (κ1) is 10.9. The molecular weight excluding hydrogens is 222 g/mol. The Morgan fingerprint density at radius 1 is 1.31 bits per heavy atom. The summed E-state index contributed by atoms with van der Waals surface area (Å²) in [5, 5.41) is 2.46. The van der Waals surface area contributed by atoms with Gasteiger partial charge in [-0.3, -0.25) is 0 Å². The normalized spacial score (nSPS) is 10.4. The van der Waals surface area contributed by atoms with Gasteiger partial charge in [0.1, 0.15) is 11.4 Å². The molecule has 2 heterocycles. The second-order valence-electron chi connectivity index (χ2n) is 3.28. The molecule has 0 radical (unpaired) electrons. The van der Waals surface area contributed by atoms with Crippen LogP contribution < -0.4 is 10.5 Å². The van der Waals surface area contributed by atoms with Crippen molar-refractivity contribution in [3.63, 3.8) is 0 Å². The van der Waals surface area contributed by atoms with Gasteiger partial charge in [0.2, 0.25) is 0 Å². The van der Waals surface area contributed by atoms with E-state index in [4.69, 9.17) is 10.5 Å². The summed E-state index contributed by atoms with van der Waals surface area (Å²) in [7, 11) is 0. The van der Waals surface area contributed by atoms with Crippen molar-refractivity contribution in [2.45, 2.75) is 13.8 Å². The highest BCUT2D eigenvalue weighted by molar-refractivity contribution is 7.13. The minimum atomic E-state index is 0.559. The number of aromatic nitrogens is 2. The molecule has 0 aliphatic rings. The van der Waals surface area contributed by atoms with Crippen LogP contribution in [0.1, 0.15) is 12.6 Å². The molecule has 0 unspecified atom stereocenters. The Bertz CT molecular complexity index is 496. The molecule has 16 heavy (non-hydrogen) atoms. The molecule has 2 aromatic rings. The fraction of sp³-hybridized carbons (Fsp3) is 0.273. The van der Waals surface area contributed by atoms with Gasteiger partial charge in [-0.2, -0.15) is 0 Å². The molecule has 0 saturated carbocycles. The monoisotopic (exact) mass is 235 g/mol. The van der Waals surface area contributed by atoms with Crippen LogP contribution in [-0.2, 0) is 0 Å². The van der Waals surface area contributed by atoms with Crippen molar-refractivity contribution in [2.24, 2.45) is 0 Å². The largest absolute Gasteiger partial charge is 0.492 e. The number of anilines is 1. The van der Waals surface area contributed by atoms with E-state index >= 15 is 0 Å². The van der Waals surface area contributed by atoms with Gasteiger partial charge >= 0.3 is 0 Å². The molecule has 0 aliphatic heterocycles. The topological polar surface area (TPSA) is 61.0 Å². The van der Waals surface area contributed by atoms with Crippen molar-refractivity contribution in [1.82, 2.24) is 9.97 Å². The highest BCUT2D eigenvalue weighted by atomic mass is 32.1. The van der Waals surface area contributed by atoms with Gasteiger partial charge in [-0.1, -0.05) is 0 Å². The van der Waals surface area contributed by atoms with Crippen molar-refractivity contribution < 1.29 is 4.74 Å². The van der Waals surface area contributed by atoms with Crippen molar-refractivity contribution in [1.29, 1.82) is 0 Å². The Hall–Kier alpha value is -1.62. The van der Waals surface area contributed by atoms with Crippen LogP contribution in [0.3, 0.4) is 0 Å². The van der Waals surface area contributed by atoms with Crippen LogP contribution in [0, 0.1) is 6.92 Å². The van der Waals surface area contributed by atoms with E-state index in [1.165, 1.54) is 11.3 Å². The van der Waals surface area contributed by atoms with Gasteiger partial charge in [0.05, 0.1) is 18.0 Å². The summed E-state index contributed by atoms with van der Waals surface area (Å²) in [5.41, 5.74) is 8.09. The Kier molecular flexibility index (Phi) is 3.05. The highest BCUT2D eigenvalue weighted by Gasteiger charge is 2.07. The molecular formula is C11H13N3OS. The number of pyridine rings is 1. The quantitative estimate of drug-likeness (QED) is 0.887. The fourth-order valence-electron chi connectivity index (χ4n) is 1.40. The number of nitrogen functional groups attached to an aromatic ring is 1. The van der Waals surface area contributed by atoms with Crippen LogP contribution in [0.5, 0.6) is 5.75 Å². The number of hydrogen-bond acceptors (Lipinski definition) is 5. The standard InChI is InChI=1S/C11H13N3OS/c1-3-15-10-5-4-8(13-7(10)2)9-6-16-11(12)14-9/h4-6H,3H2,1-2H3,(H2,12,14). The zero-order valence-electron chi connectivity index (χ0n) is 9.23. The van der Waals surface area contributed by atoms with Gasteiger partial charge < -0.3 is 10.5 Å². The summed E-state index contributed by atoms with van der Waals surface area (Å²) in [5.74, 6) is 0.814. The average molecular weight is 235 g/mol. The van der Waals surface area contributed by atoms with E-state index in [1.54, 1.807) is 0 Å². The van der Waals surface area contributed by atoms with Gasteiger partial charge in [-0.15, -0.1) is 11.3 Å². The van der Waals surface area contributed by atoms with Crippen molar-refractivity contribution in [3.05, 3.63) is 23.2 Å². The number of aryl methyl sites for hydroxylation is 1.